The van der Waals surface area contributed by atoms with Gasteiger partial charge in [0.15, 0.2) is 0 Å². The third kappa shape index (κ3) is 3.36. The Morgan fingerprint density at radius 2 is 1.88 bits per heavy atom. The van der Waals surface area contributed by atoms with Gasteiger partial charge in [-0.1, -0.05) is 24.3 Å². The number of piperidine rings is 1. The number of para-hydroxylation sites is 1. The van der Waals surface area contributed by atoms with E-state index in [9.17, 15) is 4.79 Å². The summed E-state index contributed by atoms with van der Waals surface area (Å²) >= 11 is 0. The Labute approximate surface area is 147 Å². The van der Waals surface area contributed by atoms with Crippen molar-refractivity contribution in [3.63, 3.8) is 0 Å². The maximum Gasteiger partial charge on any atom is 0.253 e. The molecule has 1 aliphatic rings. The van der Waals surface area contributed by atoms with Crippen LogP contribution in [0.4, 0.5) is 5.69 Å². The molecule has 1 aromatic heterocycles. The van der Waals surface area contributed by atoms with E-state index in [1.54, 1.807) is 6.20 Å². The number of fused-ring (bicyclic) bond motifs is 1. The van der Waals surface area contributed by atoms with Gasteiger partial charge in [-0.3, -0.25) is 9.89 Å². The SMILES string of the molecule is O=C(NCc1ccc(N2CCCCC2)cc1)c1cccc2cn[nH]c12. The number of H-pyrrole nitrogens is 1. The minimum Gasteiger partial charge on any atom is -0.372 e. The fourth-order valence-corrected chi connectivity index (χ4v) is 3.41. The van der Waals surface area contributed by atoms with E-state index in [0.717, 1.165) is 29.6 Å². The van der Waals surface area contributed by atoms with Crippen LogP contribution in [0.15, 0.2) is 48.7 Å². The number of carbonyl (C=O) groups is 1. The van der Waals surface area contributed by atoms with Crippen LogP contribution < -0.4 is 10.2 Å². The lowest BCUT2D eigenvalue weighted by Gasteiger charge is -2.28. The molecule has 4 rings (SSSR count). The number of carbonyl (C=O) groups excluding carboxylic acids is 1. The first-order valence-corrected chi connectivity index (χ1v) is 8.85. The van der Waals surface area contributed by atoms with E-state index in [-0.39, 0.29) is 5.91 Å². The van der Waals surface area contributed by atoms with E-state index >= 15 is 0 Å². The molecule has 5 nitrogen and oxygen atoms in total. The number of nitrogens with zero attached hydrogens (tertiary/aromatic N) is 2. The normalized spacial score (nSPS) is 14.6. The number of aromatic amines is 1. The first-order chi connectivity index (χ1) is 12.3. The molecule has 1 saturated heterocycles. The van der Waals surface area contributed by atoms with Crippen molar-refractivity contribution in [3.05, 3.63) is 59.8 Å². The number of hydrogen-bond acceptors (Lipinski definition) is 3. The van der Waals surface area contributed by atoms with Crippen LogP contribution in [0.1, 0.15) is 35.2 Å². The maximum absolute atomic E-state index is 12.5. The molecule has 1 amide bonds. The van der Waals surface area contributed by atoms with E-state index in [4.69, 9.17) is 0 Å². The van der Waals surface area contributed by atoms with Gasteiger partial charge in [-0.25, -0.2) is 0 Å². The predicted molar refractivity (Wildman–Crippen MR) is 99.8 cm³/mol. The standard InChI is InChI=1S/C20H22N4O/c25-20(18-6-4-5-16-14-22-23-19(16)18)21-13-15-7-9-17(10-8-15)24-11-2-1-3-12-24/h4-10,14H,1-3,11-13H2,(H,21,25)(H,22,23). The summed E-state index contributed by atoms with van der Waals surface area (Å²) in [5.41, 5.74) is 3.78. The zero-order valence-corrected chi connectivity index (χ0v) is 14.2. The van der Waals surface area contributed by atoms with Crippen molar-refractivity contribution in [2.24, 2.45) is 0 Å². The Hall–Kier alpha value is -2.82. The first kappa shape index (κ1) is 15.7. The van der Waals surface area contributed by atoms with Gasteiger partial charge in [0, 0.05) is 30.7 Å². The van der Waals surface area contributed by atoms with Crippen LogP contribution >= 0.6 is 0 Å². The molecule has 25 heavy (non-hydrogen) atoms. The van der Waals surface area contributed by atoms with E-state index in [2.05, 4.69) is 44.7 Å². The molecule has 2 aromatic carbocycles. The Balaban J connectivity index is 1.41. The van der Waals surface area contributed by atoms with Gasteiger partial charge in [0.25, 0.3) is 5.91 Å². The largest absolute Gasteiger partial charge is 0.372 e. The summed E-state index contributed by atoms with van der Waals surface area (Å²) in [5, 5.41) is 10.8. The summed E-state index contributed by atoms with van der Waals surface area (Å²) in [6, 6.07) is 14.1. The molecule has 3 aromatic rings. The van der Waals surface area contributed by atoms with Gasteiger partial charge in [0.1, 0.15) is 0 Å². The van der Waals surface area contributed by atoms with Gasteiger partial charge in [-0.05, 0) is 43.0 Å². The third-order valence-corrected chi connectivity index (χ3v) is 4.83. The van der Waals surface area contributed by atoms with Crippen molar-refractivity contribution in [3.8, 4) is 0 Å². The Morgan fingerprint density at radius 1 is 1.08 bits per heavy atom. The second kappa shape index (κ2) is 6.97. The van der Waals surface area contributed by atoms with Crippen LogP contribution in [0.3, 0.4) is 0 Å². The number of amides is 1. The quantitative estimate of drug-likeness (QED) is 0.768. The van der Waals surface area contributed by atoms with E-state index < -0.39 is 0 Å². The Morgan fingerprint density at radius 3 is 2.68 bits per heavy atom. The first-order valence-electron chi connectivity index (χ1n) is 8.85. The highest BCUT2D eigenvalue weighted by Crippen LogP contribution is 2.20. The van der Waals surface area contributed by atoms with Crippen LogP contribution in [0.25, 0.3) is 10.9 Å². The fourth-order valence-electron chi connectivity index (χ4n) is 3.41. The summed E-state index contributed by atoms with van der Waals surface area (Å²) in [4.78, 5) is 14.9. The minimum atomic E-state index is -0.0880. The van der Waals surface area contributed by atoms with Gasteiger partial charge >= 0.3 is 0 Å². The number of rotatable bonds is 4. The van der Waals surface area contributed by atoms with Gasteiger partial charge in [-0.15, -0.1) is 0 Å². The van der Waals surface area contributed by atoms with Crippen molar-refractivity contribution >= 4 is 22.5 Å². The third-order valence-electron chi connectivity index (χ3n) is 4.83. The summed E-state index contributed by atoms with van der Waals surface area (Å²) in [6.07, 6.45) is 5.61. The van der Waals surface area contributed by atoms with Crippen molar-refractivity contribution in [1.82, 2.24) is 15.5 Å². The number of hydrogen-bond donors (Lipinski definition) is 2. The molecule has 0 saturated carbocycles. The van der Waals surface area contributed by atoms with Crippen molar-refractivity contribution in [1.29, 1.82) is 0 Å². The molecule has 1 fully saturated rings. The summed E-state index contributed by atoms with van der Waals surface area (Å²) in [7, 11) is 0. The smallest absolute Gasteiger partial charge is 0.253 e. The second-order valence-electron chi connectivity index (χ2n) is 6.54. The summed E-state index contributed by atoms with van der Waals surface area (Å²) < 4.78 is 0. The zero-order valence-electron chi connectivity index (χ0n) is 14.2. The van der Waals surface area contributed by atoms with Crippen LogP contribution in [-0.2, 0) is 6.54 Å². The molecule has 0 spiro atoms. The maximum atomic E-state index is 12.5. The van der Waals surface area contributed by atoms with Gasteiger partial charge in [0.2, 0.25) is 0 Å². The Kier molecular flexibility index (Phi) is 4.37. The average molecular weight is 334 g/mol. The van der Waals surface area contributed by atoms with Crippen LogP contribution in [0, 0.1) is 0 Å². The average Bonchev–Trinajstić information content (AvgIpc) is 3.16. The van der Waals surface area contributed by atoms with Gasteiger partial charge < -0.3 is 10.2 Å². The highest BCUT2D eigenvalue weighted by molar-refractivity contribution is 6.05. The number of benzene rings is 2. The van der Waals surface area contributed by atoms with Crippen molar-refractivity contribution < 1.29 is 4.79 Å². The Bertz CT molecular complexity index is 863. The molecule has 0 radical (unpaired) electrons. The lowest BCUT2D eigenvalue weighted by molar-refractivity contribution is 0.0952. The molecule has 0 aliphatic carbocycles. The van der Waals surface area contributed by atoms with Crippen LogP contribution in [-0.4, -0.2) is 29.2 Å². The molecule has 128 valence electrons. The number of aromatic nitrogens is 2. The van der Waals surface area contributed by atoms with Crippen LogP contribution in [0.5, 0.6) is 0 Å². The molecular weight excluding hydrogens is 312 g/mol. The molecule has 5 heteroatoms. The van der Waals surface area contributed by atoms with E-state index in [0.29, 0.717) is 12.1 Å². The number of nitrogens with one attached hydrogen (secondary N) is 2. The minimum absolute atomic E-state index is 0.0880. The lowest BCUT2D eigenvalue weighted by Crippen LogP contribution is -2.29. The molecule has 0 bridgehead atoms. The zero-order chi connectivity index (χ0) is 17.1. The monoisotopic (exact) mass is 334 g/mol. The van der Waals surface area contributed by atoms with Crippen molar-refractivity contribution in [2.75, 3.05) is 18.0 Å². The van der Waals surface area contributed by atoms with Crippen molar-refractivity contribution in [2.45, 2.75) is 25.8 Å². The lowest BCUT2D eigenvalue weighted by atomic mass is 10.1. The van der Waals surface area contributed by atoms with Gasteiger partial charge in [0.05, 0.1) is 17.3 Å². The summed E-state index contributed by atoms with van der Waals surface area (Å²) in [6.45, 7) is 2.80. The van der Waals surface area contributed by atoms with E-state index in [1.165, 1.54) is 24.9 Å². The predicted octanol–water partition coefficient (Wildman–Crippen LogP) is 3.48. The second-order valence-corrected chi connectivity index (χ2v) is 6.54. The van der Waals surface area contributed by atoms with Gasteiger partial charge in [-0.2, -0.15) is 5.10 Å². The summed E-state index contributed by atoms with van der Waals surface area (Å²) in [5.74, 6) is -0.0880. The highest BCUT2D eigenvalue weighted by atomic mass is 16.1. The molecule has 2 heterocycles. The van der Waals surface area contributed by atoms with Crippen LogP contribution in [0.2, 0.25) is 0 Å². The molecule has 0 unspecified atom stereocenters. The topological polar surface area (TPSA) is 61.0 Å². The molecule has 0 atom stereocenters. The number of anilines is 1. The molecular formula is C20H22N4O. The molecule has 2 N–H and O–H groups in total. The van der Waals surface area contributed by atoms with E-state index in [1.807, 2.05) is 18.2 Å². The highest BCUT2D eigenvalue weighted by Gasteiger charge is 2.12. The fraction of sp³-hybridized carbons (Fsp3) is 0.300. The molecule has 1 aliphatic heterocycles.